The largest absolute Gasteiger partial charge is 0.245 e. The summed E-state index contributed by atoms with van der Waals surface area (Å²) in [5.41, 5.74) is 0.458. The highest BCUT2D eigenvalue weighted by Gasteiger charge is 2.16. The van der Waals surface area contributed by atoms with Crippen LogP contribution < -0.4 is 0 Å². The van der Waals surface area contributed by atoms with Crippen LogP contribution in [-0.2, 0) is 0 Å². The molecule has 0 aromatic carbocycles. The topological polar surface area (TPSA) is 0 Å². The lowest BCUT2D eigenvalue weighted by atomic mass is 9.94. The van der Waals surface area contributed by atoms with Crippen LogP contribution in [-0.4, -0.2) is 11.8 Å². The van der Waals surface area contributed by atoms with Crippen LogP contribution in [0.3, 0.4) is 0 Å². The van der Waals surface area contributed by atoms with Gasteiger partial charge < -0.3 is 0 Å². The lowest BCUT2D eigenvalue weighted by molar-refractivity contribution is 0.0174. The molecule has 0 radical (unpaired) electrons. The Hall–Kier alpha value is -0.280. The molecule has 0 aliphatic heterocycles. The quantitative estimate of drug-likeness (QED) is 0.248. The molecule has 0 nitrogen and oxygen atoms in total. The van der Waals surface area contributed by atoms with E-state index in [1.165, 1.54) is 73.6 Å². The highest BCUT2D eigenvalue weighted by molar-refractivity contribution is 4.56. The zero-order chi connectivity index (χ0) is 57.5. The predicted molar refractivity (Wildman–Crippen MR) is 272 cm³/mol. The molecule has 0 spiro atoms. The van der Waals surface area contributed by atoms with Crippen LogP contribution in [0.25, 0.3) is 0 Å². The fourth-order valence-electron chi connectivity index (χ4n) is 0. The number of hydrogen-bond donors (Lipinski definition) is 0. The molecule has 0 saturated heterocycles. The number of rotatable bonds is 3. The number of hydrogen-bond acceptors (Lipinski definition) is 0. The van der Waals surface area contributed by atoms with Crippen LogP contribution in [0.1, 0.15) is 318 Å². The van der Waals surface area contributed by atoms with Crippen molar-refractivity contribution in [1.82, 2.24) is 0 Å². The molecule has 0 aromatic rings. The van der Waals surface area contributed by atoms with Crippen LogP contribution in [0.4, 0.5) is 17.6 Å². The third-order valence-electron chi connectivity index (χ3n) is 3.86. The first-order valence-corrected chi connectivity index (χ1v) is 22.6. The molecule has 0 aliphatic rings. The Morgan fingerprint density at radius 3 is 0.474 bits per heavy atom. The average molecular weight is 850 g/mol. The van der Waals surface area contributed by atoms with Crippen molar-refractivity contribution in [3.05, 3.63) is 0 Å². The minimum absolute atomic E-state index is 0.0625. The molecule has 4 heteroatoms. The fourth-order valence-corrected chi connectivity index (χ4v) is 0. The molecule has 368 valence electrons. The first-order valence-electron chi connectivity index (χ1n) is 26.6. The van der Waals surface area contributed by atoms with Gasteiger partial charge in [-0.05, 0) is 46.8 Å². The Balaban J connectivity index is -0.0000000419. The molecule has 0 saturated carbocycles. The van der Waals surface area contributed by atoms with Gasteiger partial charge in [0.05, 0.1) is 0 Å². The zero-order valence-corrected chi connectivity index (χ0v) is 47.0. The summed E-state index contributed by atoms with van der Waals surface area (Å²) in [5, 5.41) is 0. The van der Waals surface area contributed by atoms with Gasteiger partial charge in [0.25, 0.3) is 0 Å². The second-order valence-electron chi connectivity index (χ2n) is 20.2. The van der Waals surface area contributed by atoms with Crippen molar-refractivity contribution in [2.75, 3.05) is 0 Å². The Kier molecular flexibility index (Phi) is 69.3. The summed E-state index contributed by atoms with van der Waals surface area (Å²) < 4.78 is 101. The molecular formula is C53H128F4. The van der Waals surface area contributed by atoms with Crippen molar-refractivity contribution in [3.8, 4) is 0 Å². The van der Waals surface area contributed by atoms with Gasteiger partial charge in [0.2, 0.25) is 11.8 Å². The Morgan fingerprint density at radius 2 is 0.474 bits per heavy atom. The van der Waals surface area contributed by atoms with E-state index in [1.807, 2.05) is 27.7 Å². The lowest BCUT2D eigenvalue weighted by Crippen LogP contribution is -2.05. The third kappa shape index (κ3) is 994. The smallest absolute Gasteiger partial charge is 0.207 e. The standard InChI is InChI=1S/2C6H14.3C5H12.2C4H8F2.2C4H10.2C3H8.2C2H6/c2*1-5-6(2,3)4;3*1-5(2,3)4;2*1-3-4(2,5)6;1-4(2)3;1-3-4-2;2*1-3-2;2*1-2/h2*5H2,1-4H3;3*1-4H3;2*3H2,1-2H3;4H,1-3H3;3-4H2,1-2H3;2*3H2,1-2H3;2*1-2H3/i;;1D3,2D3;;;;;;;3D2;;;. The molecule has 0 atom stereocenters. The van der Waals surface area contributed by atoms with Gasteiger partial charge in [-0.2, -0.15) is 0 Å². The van der Waals surface area contributed by atoms with Gasteiger partial charge in [0.15, 0.2) is 0 Å². The maximum atomic E-state index is 11.5. The number of halogens is 4. The third-order valence-corrected chi connectivity index (χ3v) is 3.86. The first-order chi connectivity index (χ1) is 27.8. The van der Waals surface area contributed by atoms with E-state index < -0.39 is 37.3 Å². The molecule has 0 aliphatic carbocycles. The summed E-state index contributed by atoms with van der Waals surface area (Å²) in [7, 11) is 0. The van der Waals surface area contributed by atoms with Gasteiger partial charge in [-0.1, -0.05) is 281 Å². The second kappa shape index (κ2) is 60.0. The lowest BCUT2D eigenvalue weighted by Gasteiger charge is -2.12. The summed E-state index contributed by atoms with van der Waals surface area (Å²) in [6.45, 7) is 63.9. The zero-order valence-electron chi connectivity index (χ0n) is 55.0. The Labute approximate surface area is 380 Å². The SMILES string of the molecule is CC.CC.CC(C)(C)C.CC(C)(C)C.CC(C)C.CCC.CCC(C)(C)C.CCC(C)(C)C.CCC(C)(F)F.CCC(C)(F)F.CCCC.[2H]C([2H])(C)C.[2H]C([2H])([2H])C(C)(C)C([2H])([2H])[2H]. The van der Waals surface area contributed by atoms with Gasteiger partial charge >= 0.3 is 0 Å². The van der Waals surface area contributed by atoms with Crippen LogP contribution in [0, 0.1) is 33.0 Å². The van der Waals surface area contributed by atoms with Crippen LogP contribution in [0.2, 0.25) is 0 Å². The van der Waals surface area contributed by atoms with Gasteiger partial charge in [0.1, 0.15) is 0 Å². The Bertz CT molecular complexity index is 699. The maximum Gasteiger partial charge on any atom is 0.245 e. The van der Waals surface area contributed by atoms with Crippen molar-refractivity contribution < 1.29 is 28.5 Å². The van der Waals surface area contributed by atoms with Crippen LogP contribution in [0.5, 0.6) is 0 Å². The molecule has 0 amide bonds. The number of unbranched alkanes of at least 4 members (excludes halogenated alkanes) is 1. The summed E-state index contributed by atoms with van der Waals surface area (Å²) in [6, 6.07) is 0. The van der Waals surface area contributed by atoms with E-state index in [2.05, 4.69) is 159 Å². The van der Waals surface area contributed by atoms with Gasteiger partial charge in [-0.15, -0.1) is 0 Å². The first kappa shape index (κ1) is 65.8. The molecule has 0 rings (SSSR count). The van der Waals surface area contributed by atoms with Crippen molar-refractivity contribution in [1.29, 1.82) is 0 Å². The van der Waals surface area contributed by atoms with E-state index in [0.717, 1.165) is 19.8 Å². The molecule has 0 N–H and O–H groups in total. The molecule has 0 heterocycles. The molecule has 0 unspecified atom stereocenters. The van der Waals surface area contributed by atoms with E-state index >= 15 is 0 Å². The molecule has 57 heavy (non-hydrogen) atoms. The van der Waals surface area contributed by atoms with Crippen molar-refractivity contribution in [3.63, 3.8) is 0 Å². The molecule has 0 fully saturated rings. The molecular weight excluding hydrogens is 713 g/mol. The van der Waals surface area contributed by atoms with Gasteiger partial charge in [-0.25, -0.2) is 17.6 Å². The van der Waals surface area contributed by atoms with Gasteiger partial charge in [-0.3, -0.25) is 0 Å². The summed E-state index contributed by atoms with van der Waals surface area (Å²) in [4.78, 5) is 0. The highest BCUT2D eigenvalue weighted by Crippen LogP contribution is 2.17. The summed E-state index contributed by atoms with van der Waals surface area (Å²) >= 11 is 0. The maximum absolute atomic E-state index is 11.5. The summed E-state index contributed by atoms with van der Waals surface area (Å²) in [6.07, 6.45) is 5.31. The average Bonchev–Trinajstić information content (AvgIpc) is 3.03. The van der Waals surface area contributed by atoms with E-state index in [1.54, 1.807) is 0 Å². The predicted octanol–water partition coefficient (Wildman–Crippen LogP) is 23.5. The van der Waals surface area contributed by atoms with E-state index in [0.29, 0.717) is 21.7 Å². The highest BCUT2D eigenvalue weighted by atomic mass is 19.3. The minimum atomic E-state index is -2.46. The molecule has 0 aromatic heterocycles. The van der Waals surface area contributed by atoms with E-state index in [-0.39, 0.29) is 12.8 Å². The van der Waals surface area contributed by atoms with Crippen molar-refractivity contribution in [2.45, 2.75) is 319 Å². The monoisotopic (exact) mass is 849 g/mol. The number of alkyl halides is 4. The van der Waals surface area contributed by atoms with Crippen molar-refractivity contribution in [2.24, 2.45) is 33.0 Å². The molecule has 0 bridgehead atoms. The van der Waals surface area contributed by atoms with Crippen LogP contribution in [0.15, 0.2) is 0 Å². The van der Waals surface area contributed by atoms with Crippen LogP contribution >= 0.6 is 0 Å². The minimum Gasteiger partial charge on any atom is -0.207 e. The fraction of sp³-hybridized carbons (Fsp3) is 1.00. The van der Waals surface area contributed by atoms with E-state index in [9.17, 15) is 17.6 Å². The van der Waals surface area contributed by atoms with Crippen molar-refractivity contribution >= 4 is 0 Å². The normalized spacial score (nSPS) is 13.0. The van der Waals surface area contributed by atoms with Gasteiger partial charge in [0, 0.05) is 23.8 Å². The second-order valence-corrected chi connectivity index (χ2v) is 20.2. The van der Waals surface area contributed by atoms with E-state index in [4.69, 9.17) is 11.0 Å². The Morgan fingerprint density at radius 1 is 0.386 bits per heavy atom. The summed E-state index contributed by atoms with van der Waals surface area (Å²) in [5.74, 6) is -4.08.